The first-order chi connectivity index (χ1) is 9.11. The van der Waals surface area contributed by atoms with Crippen LogP contribution in [-0.4, -0.2) is 13.7 Å². The van der Waals surface area contributed by atoms with Crippen LogP contribution in [0, 0.1) is 5.92 Å². The predicted molar refractivity (Wildman–Crippen MR) is 84.2 cm³/mol. The van der Waals surface area contributed by atoms with Crippen LogP contribution in [-0.2, 0) is 4.74 Å². The second kappa shape index (κ2) is 6.51. The van der Waals surface area contributed by atoms with E-state index in [-0.39, 0.29) is 6.04 Å². The predicted octanol–water partition coefficient (Wildman–Crippen LogP) is 4.27. The van der Waals surface area contributed by atoms with E-state index in [1.54, 1.807) is 7.11 Å². The lowest BCUT2D eigenvalue weighted by Gasteiger charge is -2.20. The van der Waals surface area contributed by atoms with Gasteiger partial charge in [0.05, 0.1) is 0 Å². The van der Waals surface area contributed by atoms with Crippen LogP contribution in [0.15, 0.2) is 40.9 Å². The summed E-state index contributed by atoms with van der Waals surface area (Å²) in [4.78, 5) is 0. The van der Waals surface area contributed by atoms with Gasteiger partial charge in [0.2, 0.25) is 0 Å². The summed E-state index contributed by atoms with van der Waals surface area (Å²) in [5.74, 6) is 0.410. The fourth-order valence-electron chi connectivity index (χ4n) is 2.25. The number of nitrogens with two attached hydrogens (primary N) is 1. The molecule has 2 unspecified atom stereocenters. The van der Waals surface area contributed by atoms with Crippen molar-refractivity contribution >= 4 is 26.7 Å². The van der Waals surface area contributed by atoms with E-state index >= 15 is 0 Å². The maximum atomic E-state index is 6.34. The highest BCUT2D eigenvalue weighted by Gasteiger charge is 2.14. The lowest BCUT2D eigenvalue weighted by molar-refractivity contribution is 0.174. The minimum absolute atomic E-state index is 0.0585. The van der Waals surface area contributed by atoms with Crippen LogP contribution in [0.2, 0.25) is 0 Å². The Bertz CT molecular complexity index is 555. The van der Waals surface area contributed by atoms with Gasteiger partial charge in [0.25, 0.3) is 0 Å². The molecular weight excluding hydrogens is 302 g/mol. The molecule has 0 saturated carbocycles. The van der Waals surface area contributed by atoms with Crippen LogP contribution < -0.4 is 5.73 Å². The van der Waals surface area contributed by atoms with Crippen molar-refractivity contribution in [3.05, 3.63) is 46.4 Å². The number of ether oxygens (including phenoxy) is 1. The normalized spacial score (nSPS) is 14.5. The highest BCUT2D eigenvalue weighted by Crippen LogP contribution is 2.27. The first kappa shape index (κ1) is 14.5. The Balaban J connectivity index is 2.22. The highest BCUT2D eigenvalue weighted by atomic mass is 79.9. The molecule has 0 aliphatic carbocycles. The molecule has 2 aromatic rings. The Morgan fingerprint density at radius 1 is 1.16 bits per heavy atom. The van der Waals surface area contributed by atoms with E-state index < -0.39 is 0 Å². The molecule has 102 valence electrons. The second-order valence-electron chi connectivity index (χ2n) is 5.04. The van der Waals surface area contributed by atoms with Gasteiger partial charge < -0.3 is 10.5 Å². The van der Waals surface area contributed by atoms with Gasteiger partial charge in [0.1, 0.15) is 0 Å². The molecule has 0 heterocycles. The molecule has 2 aromatic carbocycles. The number of halogens is 1. The maximum absolute atomic E-state index is 6.34. The molecule has 0 radical (unpaired) electrons. The van der Waals surface area contributed by atoms with Crippen molar-refractivity contribution in [2.45, 2.75) is 19.4 Å². The van der Waals surface area contributed by atoms with E-state index in [2.05, 4.69) is 59.3 Å². The lowest BCUT2D eigenvalue weighted by Crippen LogP contribution is -2.20. The lowest BCUT2D eigenvalue weighted by atomic mass is 9.91. The van der Waals surface area contributed by atoms with E-state index in [1.165, 1.54) is 16.3 Å². The zero-order chi connectivity index (χ0) is 13.8. The molecular formula is C16H20BrNO. The van der Waals surface area contributed by atoms with Gasteiger partial charge in [0, 0.05) is 24.2 Å². The summed E-state index contributed by atoms with van der Waals surface area (Å²) in [5, 5.41) is 2.46. The number of hydrogen-bond donors (Lipinski definition) is 1. The van der Waals surface area contributed by atoms with Gasteiger partial charge in [0.15, 0.2) is 0 Å². The Morgan fingerprint density at radius 3 is 2.58 bits per heavy atom. The van der Waals surface area contributed by atoms with Crippen LogP contribution in [0.4, 0.5) is 0 Å². The number of hydrogen-bond acceptors (Lipinski definition) is 2. The van der Waals surface area contributed by atoms with Gasteiger partial charge >= 0.3 is 0 Å². The third kappa shape index (κ3) is 3.56. The summed E-state index contributed by atoms with van der Waals surface area (Å²) in [6.07, 6.45) is 0.982. The summed E-state index contributed by atoms with van der Waals surface area (Å²) in [5.41, 5.74) is 7.53. The zero-order valence-corrected chi connectivity index (χ0v) is 13.0. The molecule has 19 heavy (non-hydrogen) atoms. The van der Waals surface area contributed by atoms with Gasteiger partial charge in [-0.15, -0.1) is 0 Å². The van der Waals surface area contributed by atoms with Gasteiger partial charge in [-0.25, -0.2) is 0 Å². The number of fused-ring (bicyclic) bond motifs is 1. The Morgan fingerprint density at radius 2 is 1.84 bits per heavy atom. The minimum Gasteiger partial charge on any atom is -0.385 e. The third-order valence-electron chi connectivity index (χ3n) is 3.60. The van der Waals surface area contributed by atoms with Crippen LogP contribution in [0.3, 0.4) is 0 Å². The molecule has 0 fully saturated rings. The molecule has 3 heteroatoms. The Kier molecular flexibility index (Phi) is 4.97. The van der Waals surface area contributed by atoms with Crippen molar-refractivity contribution in [3.8, 4) is 0 Å². The van der Waals surface area contributed by atoms with Crippen LogP contribution in [0.5, 0.6) is 0 Å². The first-order valence-electron chi connectivity index (χ1n) is 6.55. The van der Waals surface area contributed by atoms with E-state index in [9.17, 15) is 0 Å². The summed E-state index contributed by atoms with van der Waals surface area (Å²) >= 11 is 3.49. The van der Waals surface area contributed by atoms with Crippen LogP contribution in [0.1, 0.15) is 24.9 Å². The van der Waals surface area contributed by atoms with Gasteiger partial charge in [-0.2, -0.15) is 0 Å². The van der Waals surface area contributed by atoms with Gasteiger partial charge in [-0.1, -0.05) is 41.1 Å². The molecule has 2 nitrogen and oxygen atoms in total. The van der Waals surface area contributed by atoms with E-state index in [1.807, 2.05) is 0 Å². The van der Waals surface area contributed by atoms with Gasteiger partial charge in [-0.3, -0.25) is 0 Å². The molecule has 0 aromatic heterocycles. The standard InChI is InChI=1S/C16H20BrNO/c1-11(7-8-19-2)16(18)14-4-3-13-10-15(17)6-5-12(13)9-14/h3-6,9-11,16H,7-8,18H2,1-2H3. The zero-order valence-electron chi connectivity index (χ0n) is 11.4. The molecule has 0 saturated heterocycles. The Labute approximate surface area is 123 Å². The maximum Gasteiger partial charge on any atom is 0.0465 e. The molecule has 2 atom stereocenters. The monoisotopic (exact) mass is 321 g/mol. The van der Waals surface area contributed by atoms with Crippen molar-refractivity contribution in [1.82, 2.24) is 0 Å². The number of methoxy groups -OCH3 is 1. The topological polar surface area (TPSA) is 35.2 Å². The molecule has 0 spiro atoms. The second-order valence-corrected chi connectivity index (χ2v) is 5.95. The third-order valence-corrected chi connectivity index (χ3v) is 4.09. The van der Waals surface area contributed by atoms with Gasteiger partial charge in [-0.05, 0) is 46.9 Å². The van der Waals surface area contributed by atoms with Crippen molar-refractivity contribution in [2.24, 2.45) is 11.7 Å². The number of benzene rings is 2. The summed E-state index contributed by atoms with van der Waals surface area (Å²) < 4.78 is 6.22. The summed E-state index contributed by atoms with van der Waals surface area (Å²) in [6, 6.07) is 12.8. The van der Waals surface area contributed by atoms with Crippen molar-refractivity contribution < 1.29 is 4.74 Å². The summed E-state index contributed by atoms with van der Waals surface area (Å²) in [6.45, 7) is 2.94. The van der Waals surface area contributed by atoms with Crippen molar-refractivity contribution in [2.75, 3.05) is 13.7 Å². The molecule has 2 N–H and O–H groups in total. The van der Waals surface area contributed by atoms with Crippen LogP contribution >= 0.6 is 15.9 Å². The molecule has 2 rings (SSSR count). The fourth-order valence-corrected chi connectivity index (χ4v) is 2.63. The van der Waals surface area contributed by atoms with Crippen molar-refractivity contribution in [1.29, 1.82) is 0 Å². The van der Waals surface area contributed by atoms with Crippen molar-refractivity contribution in [3.63, 3.8) is 0 Å². The minimum atomic E-state index is 0.0585. The van der Waals surface area contributed by atoms with E-state index in [4.69, 9.17) is 10.5 Å². The first-order valence-corrected chi connectivity index (χ1v) is 7.35. The average Bonchev–Trinajstić information content (AvgIpc) is 2.43. The van der Waals surface area contributed by atoms with E-state index in [0.29, 0.717) is 5.92 Å². The fraction of sp³-hybridized carbons (Fsp3) is 0.375. The van der Waals surface area contributed by atoms with E-state index in [0.717, 1.165) is 17.5 Å². The highest BCUT2D eigenvalue weighted by molar-refractivity contribution is 9.10. The molecule has 0 aliphatic rings. The smallest absolute Gasteiger partial charge is 0.0465 e. The SMILES string of the molecule is COCCC(C)C(N)c1ccc2cc(Br)ccc2c1. The molecule has 0 bridgehead atoms. The summed E-state index contributed by atoms with van der Waals surface area (Å²) in [7, 11) is 1.73. The number of rotatable bonds is 5. The largest absolute Gasteiger partial charge is 0.385 e. The average molecular weight is 322 g/mol. The quantitative estimate of drug-likeness (QED) is 0.892. The Hall–Kier alpha value is -0.900. The molecule has 0 aliphatic heterocycles. The van der Waals surface area contributed by atoms with Crippen LogP contribution in [0.25, 0.3) is 10.8 Å². The molecule has 0 amide bonds.